The number of aromatic carboxylic acids is 1. The van der Waals surface area contributed by atoms with E-state index in [1.165, 1.54) is 0 Å². The first-order valence-electron chi connectivity index (χ1n) is 6.15. The highest BCUT2D eigenvalue weighted by Gasteiger charge is 2.46. The molecule has 1 aromatic rings. The zero-order valence-corrected chi connectivity index (χ0v) is 10.7. The van der Waals surface area contributed by atoms with Gasteiger partial charge in [-0.05, 0) is 24.1 Å². The number of benzene rings is 1. The van der Waals surface area contributed by atoms with E-state index in [1.54, 1.807) is 12.1 Å². The van der Waals surface area contributed by atoms with Crippen molar-refractivity contribution in [3.8, 4) is 0 Å². The number of carboxylic acid groups (broad SMARTS) is 1. The number of carbonyl (C=O) groups is 1. The summed E-state index contributed by atoms with van der Waals surface area (Å²) in [6, 6.07) is 7.17. The third-order valence-electron chi connectivity index (χ3n) is 3.97. The van der Waals surface area contributed by atoms with Crippen LogP contribution < -0.4 is 5.32 Å². The van der Waals surface area contributed by atoms with Crippen molar-refractivity contribution >= 4 is 5.97 Å². The van der Waals surface area contributed by atoms with Crippen LogP contribution in [-0.2, 0) is 6.54 Å². The summed E-state index contributed by atoms with van der Waals surface area (Å²) >= 11 is 0. The normalized spacial score (nSPS) is 25.5. The predicted octanol–water partition coefficient (Wildman–Crippen LogP) is 1.63. The van der Waals surface area contributed by atoms with Gasteiger partial charge in [-0.2, -0.15) is 0 Å². The number of rotatable bonds is 4. The minimum Gasteiger partial charge on any atom is -0.478 e. The SMILES string of the molecule is CC1(C)C(O)CC1NCc1ccc(C(=O)O)cc1. The Bertz CT molecular complexity index is 439. The van der Waals surface area contributed by atoms with Crippen LogP contribution in [0.1, 0.15) is 36.2 Å². The Kier molecular flexibility index (Phi) is 3.41. The zero-order chi connectivity index (χ0) is 13.3. The first-order valence-corrected chi connectivity index (χ1v) is 6.15. The molecular weight excluding hydrogens is 230 g/mol. The van der Waals surface area contributed by atoms with Crippen LogP contribution in [0.25, 0.3) is 0 Å². The van der Waals surface area contributed by atoms with Crippen LogP contribution >= 0.6 is 0 Å². The smallest absolute Gasteiger partial charge is 0.335 e. The van der Waals surface area contributed by atoms with Gasteiger partial charge in [-0.1, -0.05) is 26.0 Å². The Morgan fingerprint density at radius 3 is 2.44 bits per heavy atom. The summed E-state index contributed by atoms with van der Waals surface area (Å²) in [5.74, 6) is -0.905. The van der Waals surface area contributed by atoms with Gasteiger partial charge in [-0.25, -0.2) is 4.79 Å². The molecule has 18 heavy (non-hydrogen) atoms. The Balaban J connectivity index is 1.90. The Hall–Kier alpha value is -1.39. The molecule has 3 N–H and O–H groups in total. The summed E-state index contributed by atoms with van der Waals surface area (Å²) in [6.45, 7) is 4.79. The fourth-order valence-electron chi connectivity index (χ4n) is 2.26. The monoisotopic (exact) mass is 249 g/mol. The van der Waals surface area contributed by atoms with Gasteiger partial charge in [0.2, 0.25) is 0 Å². The number of aliphatic hydroxyl groups is 1. The van der Waals surface area contributed by atoms with Crippen LogP contribution in [0.3, 0.4) is 0 Å². The van der Waals surface area contributed by atoms with Crippen molar-refractivity contribution in [3.63, 3.8) is 0 Å². The van der Waals surface area contributed by atoms with E-state index in [-0.39, 0.29) is 11.5 Å². The average Bonchev–Trinajstić information content (AvgIpc) is 2.34. The van der Waals surface area contributed by atoms with Crippen LogP contribution in [0.15, 0.2) is 24.3 Å². The van der Waals surface area contributed by atoms with E-state index in [1.807, 2.05) is 26.0 Å². The summed E-state index contributed by atoms with van der Waals surface area (Å²) in [7, 11) is 0. The number of carboxylic acids is 1. The lowest BCUT2D eigenvalue weighted by atomic mass is 9.64. The van der Waals surface area contributed by atoms with E-state index in [0.29, 0.717) is 18.2 Å². The zero-order valence-electron chi connectivity index (χ0n) is 10.7. The van der Waals surface area contributed by atoms with Gasteiger partial charge >= 0.3 is 5.97 Å². The van der Waals surface area contributed by atoms with Crippen LogP contribution in [0, 0.1) is 5.41 Å². The van der Waals surface area contributed by atoms with Crippen molar-refractivity contribution in [2.75, 3.05) is 0 Å². The lowest BCUT2D eigenvalue weighted by molar-refractivity contribution is -0.0729. The summed E-state index contributed by atoms with van der Waals surface area (Å²) in [5, 5.41) is 21.8. The molecule has 4 heteroatoms. The Labute approximate surface area is 107 Å². The molecule has 0 aliphatic heterocycles. The molecule has 0 aromatic heterocycles. The summed E-state index contributed by atoms with van der Waals surface area (Å²) in [5.41, 5.74) is 1.27. The maximum Gasteiger partial charge on any atom is 0.335 e. The molecule has 1 saturated carbocycles. The molecular formula is C14H19NO3. The lowest BCUT2D eigenvalue weighted by Gasteiger charge is -2.49. The molecule has 1 aliphatic carbocycles. The molecule has 1 fully saturated rings. The lowest BCUT2D eigenvalue weighted by Crippen LogP contribution is -2.59. The molecule has 1 aromatic carbocycles. The van der Waals surface area contributed by atoms with Crippen LogP contribution in [0.4, 0.5) is 0 Å². The largest absolute Gasteiger partial charge is 0.478 e. The molecule has 1 aliphatic rings. The first kappa shape index (κ1) is 13.1. The molecule has 2 unspecified atom stereocenters. The number of hydrogen-bond donors (Lipinski definition) is 3. The van der Waals surface area contributed by atoms with Crippen molar-refractivity contribution in [2.24, 2.45) is 5.41 Å². The van der Waals surface area contributed by atoms with E-state index < -0.39 is 5.97 Å². The molecule has 0 amide bonds. The van der Waals surface area contributed by atoms with Crippen molar-refractivity contribution in [2.45, 2.75) is 39.0 Å². The topological polar surface area (TPSA) is 69.6 Å². The second-order valence-electron chi connectivity index (χ2n) is 5.51. The minimum absolute atomic E-state index is 0.0823. The van der Waals surface area contributed by atoms with Gasteiger partial charge in [-0.3, -0.25) is 0 Å². The molecule has 0 spiro atoms. The van der Waals surface area contributed by atoms with Gasteiger partial charge in [0.25, 0.3) is 0 Å². The van der Waals surface area contributed by atoms with Crippen LogP contribution in [0.5, 0.6) is 0 Å². The number of nitrogens with one attached hydrogen (secondary N) is 1. The third-order valence-corrected chi connectivity index (χ3v) is 3.97. The van der Waals surface area contributed by atoms with E-state index in [0.717, 1.165) is 12.0 Å². The minimum atomic E-state index is -0.905. The quantitative estimate of drug-likeness (QED) is 0.758. The molecule has 98 valence electrons. The highest BCUT2D eigenvalue weighted by molar-refractivity contribution is 5.87. The molecule has 0 saturated heterocycles. The van der Waals surface area contributed by atoms with Crippen molar-refractivity contribution in [3.05, 3.63) is 35.4 Å². The van der Waals surface area contributed by atoms with Gasteiger partial charge in [0.05, 0.1) is 11.7 Å². The first-order chi connectivity index (χ1) is 8.41. The van der Waals surface area contributed by atoms with E-state index in [2.05, 4.69) is 5.32 Å². The third kappa shape index (κ3) is 2.40. The van der Waals surface area contributed by atoms with Crippen molar-refractivity contribution in [1.29, 1.82) is 0 Å². The second kappa shape index (κ2) is 4.71. The standard InChI is InChI=1S/C14H19NO3/c1-14(2)11(7-12(14)16)15-8-9-3-5-10(6-4-9)13(17)18/h3-6,11-12,15-16H,7-8H2,1-2H3,(H,17,18). The Morgan fingerprint density at radius 1 is 1.39 bits per heavy atom. The second-order valence-corrected chi connectivity index (χ2v) is 5.51. The molecule has 2 rings (SSSR count). The van der Waals surface area contributed by atoms with Gasteiger partial charge in [0.1, 0.15) is 0 Å². The van der Waals surface area contributed by atoms with E-state index >= 15 is 0 Å². The van der Waals surface area contributed by atoms with Gasteiger partial charge in [-0.15, -0.1) is 0 Å². The number of aliphatic hydroxyl groups excluding tert-OH is 1. The summed E-state index contributed by atoms with van der Waals surface area (Å²) in [4.78, 5) is 10.7. The molecule has 4 nitrogen and oxygen atoms in total. The fourth-order valence-corrected chi connectivity index (χ4v) is 2.26. The molecule has 0 bridgehead atoms. The van der Waals surface area contributed by atoms with E-state index in [9.17, 15) is 9.90 Å². The maximum absolute atomic E-state index is 10.7. The van der Waals surface area contributed by atoms with Crippen molar-refractivity contribution < 1.29 is 15.0 Å². The van der Waals surface area contributed by atoms with Crippen molar-refractivity contribution in [1.82, 2.24) is 5.32 Å². The van der Waals surface area contributed by atoms with Crippen LogP contribution in [-0.4, -0.2) is 28.3 Å². The highest BCUT2D eigenvalue weighted by atomic mass is 16.4. The average molecular weight is 249 g/mol. The molecule has 0 heterocycles. The van der Waals surface area contributed by atoms with Gasteiger partial charge in [0, 0.05) is 18.0 Å². The van der Waals surface area contributed by atoms with Gasteiger partial charge in [0.15, 0.2) is 0 Å². The summed E-state index contributed by atoms with van der Waals surface area (Å²) in [6.07, 6.45) is 0.546. The van der Waals surface area contributed by atoms with Crippen LogP contribution in [0.2, 0.25) is 0 Å². The summed E-state index contributed by atoms with van der Waals surface area (Å²) < 4.78 is 0. The predicted molar refractivity (Wildman–Crippen MR) is 68.4 cm³/mol. The fraction of sp³-hybridized carbons (Fsp3) is 0.500. The maximum atomic E-state index is 10.7. The molecule has 2 atom stereocenters. The Morgan fingerprint density at radius 2 is 2.00 bits per heavy atom. The highest BCUT2D eigenvalue weighted by Crippen LogP contribution is 2.40. The van der Waals surface area contributed by atoms with E-state index in [4.69, 9.17) is 5.11 Å². The number of hydrogen-bond acceptors (Lipinski definition) is 3. The molecule has 0 radical (unpaired) electrons. The van der Waals surface area contributed by atoms with Gasteiger partial charge < -0.3 is 15.5 Å².